The number of sulfonamides is 1. The smallest absolute Gasteiger partial charge is 0.229 e. The molecule has 1 heterocycles. The Kier molecular flexibility index (Phi) is 4.25. The van der Waals surface area contributed by atoms with Crippen LogP contribution in [0, 0.1) is 0 Å². The number of benzene rings is 1. The Hall–Kier alpha value is -1.66. The monoisotopic (exact) mass is 314 g/mol. The summed E-state index contributed by atoms with van der Waals surface area (Å²) < 4.78 is 29.9. The third kappa shape index (κ3) is 3.91. The van der Waals surface area contributed by atoms with Gasteiger partial charge < -0.3 is 9.73 Å². The number of anilines is 2. The highest BCUT2D eigenvalue weighted by atomic mass is 35.5. The zero-order valence-electron chi connectivity index (χ0n) is 11.1. The van der Waals surface area contributed by atoms with E-state index < -0.39 is 10.0 Å². The van der Waals surface area contributed by atoms with Gasteiger partial charge >= 0.3 is 0 Å². The van der Waals surface area contributed by atoms with Crippen molar-refractivity contribution < 1.29 is 12.8 Å². The van der Waals surface area contributed by atoms with Gasteiger partial charge in [0.15, 0.2) is 0 Å². The highest BCUT2D eigenvalue weighted by Crippen LogP contribution is 2.29. The summed E-state index contributed by atoms with van der Waals surface area (Å²) in [4.78, 5) is 0. The fraction of sp³-hybridized carbons (Fsp3) is 0.231. The van der Waals surface area contributed by atoms with Crippen LogP contribution in [0.1, 0.15) is 18.5 Å². The quantitative estimate of drug-likeness (QED) is 0.886. The number of rotatable bonds is 5. The van der Waals surface area contributed by atoms with E-state index in [2.05, 4.69) is 10.0 Å². The second-order valence-electron chi connectivity index (χ2n) is 4.49. The molecule has 1 aromatic carbocycles. The largest absolute Gasteiger partial charge is 0.472 e. The second kappa shape index (κ2) is 5.76. The summed E-state index contributed by atoms with van der Waals surface area (Å²) in [6.45, 7) is 1.96. The van der Waals surface area contributed by atoms with Crippen molar-refractivity contribution in [2.75, 3.05) is 16.3 Å². The molecule has 0 amide bonds. The summed E-state index contributed by atoms with van der Waals surface area (Å²) in [5.41, 5.74) is 2.08. The van der Waals surface area contributed by atoms with Crippen LogP contribution in [0.3, 0.4) is 0 Å². The molecule has 2 aromatic rings. The zero-order valence-corrected chi connectivity index (χ0v) is 12.6. The topological polar surface area (TPSA) is 71.3 Å². The lowest BCUT2D eigenvalue weighted by Gasteiger charge is -2.16. The van der Waals surface area contributed by atoms with Crippen LogP contribution in [0.2, 0.25) is 5.02 Å². The Balaban J connectivity index is 2.20. The molecule has 0 aliphatic carbocycles. The van der Waals surface area contributed by atoms with Crippen LogP contribution in [-0.4, -0.2) is 14.7 Å². The van der Waals surface area contributed by atoms with Crippen molar-refractivity contribution in [2.24, 2.45) is 0 Å². The van der Waals surface area contributed by atoms with Crippen LogP contribution in [0.15, 0.2) is 41.2 Å². The first-order valence-electron chi connectivity index (χ1n) is 5.91. The Labute approximate surface area is 123 Å². The van der Waals surface area contributed by atoms with Crippen LogP contribution < -0.4 is 10.0 Å². The molecular formula is C13H15ClN2O3S. The fourth-order valence-corrected chi connectivity index (χ4v) is 2.48. The van der Waals surface area contributed by atoms with E-state index in [1.165, 1.54) is 0 Å². The summed E-state index contributed by atoms with van der Waals surface area (Å²) in [7, 11) is -3.31. The number of furan rings is 1. The zero-order chi connectivity index (χ0) is 14.8. The molecule has 0 spiro atoms. The van der Waals surface area contributed by atoms with Gasteiger partial charge in [-0.2, -0.15) is 0 Å². The molecular weight excluding hydrogens is 300 g/mol. The molecule has 1 atom stereocenters. The standard InChI is InChI=1S/C13H15ClN2O3S/c1-9(10-5-6-19-8-10)15-13-7-11(3-4-12(13)14)16-20(2,17)18/h3-9,15-16H,1-2H3. The average Bonchev–Trinajstić information content (AvgIpc) is 2.85. The maximum absolute atomic E-state index is 11.2. The van der Waals surface area contributed by atoms with Gasteiger partial charge in [-0.3, -0.25) is 4.72 Å². The Bertz CT molecular complexity index is 684. The normalized spacial score (nSPS) is 12.9. The Morgan fingerprint density at radius 3 is 2.65 bits per heavy atom. The van der Waals surface area contributed by atoms with E-state index >= 15 is 0 Å². The molecule has 20 heavy (non-hydrogen) atoms. The summed E-state index contributed by atoms with van der Waals surface area (Å²) >= 11 is 6.11. The number of hydrogen-bond acceptors (Lipinski definition) is 4. The summed E-state index contributed by atoms with van der Waals surface area (Å²) in [6.07, 6.45) is 4.34. The molecule has 2 rings (SSSR count). The van der Waals surface area contributed by atoms with Crippen LogP contribution in [0.25, 0.3) is 0 Å². The van der Waals surface area contributed by atoms with Gasteiger partial charge in [-0.1, -0.05) is 11.6 Å². The van der Waals surface area contributed by atoms with E-state index in [1.807, 2.05) is 13.0 Å². The van der Waals surface area contributed by atoms with Gasteiger partial charge in [0.05, 0.1) is 41.2 Å². The SMILES string of the molecule is CC(Nc1cc(NS(C)(=O)=O)ccc1Cl)c1ccoc1. The predicted molar refractivity (Wildman–Crippen MR) is 80.7 cm³/mol. The molecule has 1 aromatic heterocycles. The van der Waals surface area contributed by atoms with Crippen molar-refractivity contribution in [2.45, 2.75) is 13.0 Å². The van der Waals surface area contributed by atoms with Gasteiger partial charge in [-0.05, 0) is 31.2 Å². The molecule has 5 nitrogen and oxygen atoms in total. The van der Waals surface area contributed by atoms with Gasteiger partial charge in [0, 0.05) is 5.56 Å². The lowest BCUT2D eigenvalue weighted by atomic mass is 10.1. The fourth-order valence-electron chi connectivity index (χ4n) is 1.75. The van der Waals surface area contributed by atoms with Gasteiger partial charge in [-0.25, -0.2) is 8.42 Å². The maximum atomic E-state index is 11.2. The molecule has 0 saturated heterocycles. The first-order valence-corrected chi connectivity index (χ1v) is 8.18. The van der Waals surface area contributed by atoms with E-state index in [-0.39, 0.29) is 6.04 Å². The average molecular weight is 315 g/mol. The van der Waals surface area contributed by atoms with Crippen molar-refractivity contribution in [1.82, 2.24) is 0 Å². The third-order valence-corrected chi connectivity index (χ3v) is 3.62. The lowest BCUT2D eigenvalue weighted by molar-refractivity contribution is 0.562. The minimum atomic E-state index is -3.31. The highest BCUT2D eigenvalue weighted by Gasteiger charge is 2.10. The summed E-state index contributed by atoms with van der Waals surface area (Å²) in [5.74, 6) is 0. The van der Waals surface area contributed by atoms with Crippen molar-refractivity contribution in [3.05, 3.63) is 47.4 Å². The lowest BCUT2D eigenvalue weighted by Crippen LogP contribution is -2.10. The molecule has 0 radical (unpaired) electrons. The van der Waals surface area contributed by atoms with Crippen molar-refractivity contribution in [3.8, 4) is 0 Å². The van der Waals surface area contributed by atoms with Crippen LogP contribution in [0.5, 0.6) is 0 Å². The first-order chi connectivity index (χ1) is 9.35. The first kappa shape index (κ1) is 14.7. The number of hydrogen-bond donors (Lipinski definition) is 2. The number of halogens is 1. The summed E-state index contributed by atoms with van der Waals surface area (Å²) in [5, 5.41) is 3.73. The second-order valence-corrected chi connectivity index (χ2v) is 6.65. The molecule has 0 aliphatic heterocycles. The van der Waals surface area contributed by atoms with Crippen molar-refractivity contribution in [3.63, 3.8) is 0 Å². The van der Waals surface area contributed by atoms with E-state index in [0.717, 1.165) is 11.8 Å². The van der Waals surface area contributed by atoms with Crippen molar-refractivity contribution >= 4 is 33.0 Å². The predicted octanol–water partition coefficient (Wildman–Crippen LogP) is 3.48. The minimum Gasteiger partial charge on any atom is -0.472 e. The van der Waals surface area contributed by atoms with E-state index in [4.69, 9.17) is 16.0 Å². The molecule has 108 valence electrons. The molecule has 0 saturated carbocycles. The molecule has 0 aliphatic rings. The molecule has 0 fully saturated rings. The van der Waals surface area contributed by atoms with Gasteiger partial charge in [-0.15, -0.1) is 0 Å². The molecule has 1 unspecified atom stereocenters. The maximum Gasteiger partial charge on any atom is 0.229 e. The number of nitrogens with one attached hydrogen (secondary N) is 2. The van der Waals surface area contributed by atoms with E-state index in [9.17, 15) is 8.42 Å². The van der Waals surface area contributed by atoms with E-state index in [0.29, 0.717) is 16.4 Å². The molecule has 7 heteroatoms. The van der Waals surface area contributed by atoms with Gasteiger partial charge in [0.2, 0.25) is 10.0 Å². The van der Waals surface area contributed by atoms with Crippen LogP contribution in [0.4, 0.5) is 11.4 Å². The van der Waals surface area contributed by atoms with E-state index in [1.54, 1.807) is 30.7 Å². The third-order valence-electron chi connectivity index (χ3n) is 2.68. The Morgan fingerprint density at radius 2 is 2.05 bits per heavy atom. The summed E-state index contributed by atoms with van der Waals surface area (Å²) in [6, 6.07) is 6.74. The van der Waals surface area contributed by atoms with Gasteiger partial charge in [0.25, 0.3) is 0 Å². The minimum absolute atomic E-state index is 0.0141. The van der Waals surface area contributed by atoms with Crippen LogP contribution >= 0.6 is 11.6 Å². The highest BCUT2D eigenvalue weighted by molar-refractivity contribution is 7.92. The Morgan fingerprint density at radius 1 is 1.30 bits per heavy atom. The molecule has 0 bridgehead atoms. The van der Waals surface area contributed by atoms with Crippen molar-refractivity contribution in [1.29, 1.82) is 0 Å². The molecule has 2 N–H and O–H groups in total. The van der Waals surface area contributed by atoms with Crippen LogP contribution in [-0.2, 0) is 10.0 Å². The van der Waals surface area contributed by atoms with Gasteiger partial charge in [0.1, 0.15) is 0 Å².